The number of ether oxygens (including phenoxy) is 2. The highest BCUT2D eigenvalue weighted by atomic mass is 16.5. The third-order valence-electron chi connectivity index (χ3n) is 11.2. The van der Waals surface area contributed by atoms with Crippen molar-refractivity contribution in [3.05, 3.63) is 154 Å². The van der Waals surface area contributed by atoms with E-state index in [1.807, 2.05) is 84.9 Å². The van der Waals surface area contributed by atoms with Crippen LogP contribution >= 0.6 is 0 Å². The van der Waals surface area contributed by atoms with Crippen molar-refractivity contribution in [3.8, 4) is 58.3 Å². The Morgan fingerprint density at radius 3 is 1.24 bits per heavy atom. The molecule has 0 saturated heterocycles. The molecule has 12 nitrogen and oxygen atoms in total. The number of carbonyl (C=O) groups is 2. The van der Waals surface area contributed by atoms with Gasteiger partial charge in [0.1, 0.15) is 35.8 Å². The highest BCUT2D eigenvalue weighted by molar-refractivity contribution is 5.83. The van der Waals surface area contributed by atoms with Gasteiger partial charge in [-0.1, -0.05) is 98.8 Å². The quantitative estimate of drug-likeness (QED) is 0.0975. The third kappa shape index (κ3) is 6.40. The average molecular weight is 773 g/mol. The maximum Gasteiger partial charge on any atom is 0.314 e. The number of para-hydroxylation sites is 2. The number of hydrogen-bond acceptors (Lipinski definition) is 12. The predicted octanol–water partition coefficient (Wildman–Crippen LogP) is 7.64. The van der Waals surface area contributed by atoms with Gasteiger partial charge in [0.05, 0.1) is 34.6 Å². The summed E-state index contributed by atoms with van der Waals surface area (Å²) in [5.74, 6) is -1.90. The van der Waals surface area contributed by atoms with E-state index in [0.29, 0.717) is 45.4 Å². The standard InChI is InChI=1S/C47H32N8O4/c1-28(44(56)58-30-13-5-3-6-14-30)21-46(34-19-11-9-17-32(34)40-42(46)54-38(25-50)36(23-48)52-40)27-47(22-29(2)45(57)59-31-15-7-4-8-16-31)35-20-12-10-18-33(35)41-43(47)55-39(26-51)37(24-49)53-41/h3-20,28-29H,21-22,27H2,1-2H3. The second kappa shape index (κ2) is 15.1. The van der Waals surface area contributed by atoms with Crippen molar-refractivity contribution in [1.82, 2.24) is 19.9 Å². The summed E-state index contributed by atoms with van der Waals surface area (Å²) in [6, 6.07) is 40.5. The van der Waals surface area contributed by atoms with Crippen LogP contribution < -0.4 is 9.47 Å². The zero-order valence-electron chi connectivity index (χ0n) is 31.9. The lowest BCUT2D eigenvalue weighted by Crippen LogP contribution is -2.43. The van der Waals surface area contributed by atoms with Gasteiger partial charge in [0.25, 0.3) is 0 Å². The minimum Gasteiger partial charge on any atom is -0.426 e. The normalized spacial score (nSPS) is 17.6. The summed E-state index contributed by atoms with van der Waals surface area (Å²) in [5, 5.41) is 40.8. The molecule has 4 unspecified atom stereocenters. The first-order chi connectivity index (χ1) is 28.7. The van der Waals surface area contributed by atoms with Crippen LogP contribution in [0.5, 0.6) is 11.5 Å². The molecule has 2 aliphatic carbocycles. The van der Waals surface area contributed by atoms with Gasteiger partial charge >= 0.3 is 11.9 Å². The van der Waals surface area contributed by atoms with E-state index in [1.54, 1.807) is 62.4 Å². The van der Waals surface area contributed by atoms with Gasteiger partial charge in [-0.15, -0.1) is 0 Å². The summed E-state index contributed by atoms with van der Waals surface area (Å²) in [4.78, 5) is 47.4. The lowest BCUT2D eigenvalue weighted by atomic mass is 9.60. The van der Waals surface area contributed by atoms with Crippen molar-refractivity contribution >= 4 is 11.9 Å². The molecule has 0 radical (unpaired) electrons. The molecular weight excluding hydrogens is 741 g/mol. The molecule has 2 heterocycles. The Labute approximate surface area is 339 Å². The number of fused-ring (bicyclic) bond motifs is 6. The van der Waals surface area contributed by atoms with Crippen LogP contribution in [0.3, 0.4) is 0 Å². The summed E-state index contributed by atoms with van der Waals surface area (Å²) >= 11 is 0. The van der Waals surface area contributed by atoms with Crippen molar-refractivity contribution < 1.29 is 19.1 Å². The van der Waals surface area contributed by atoms with E-state index in [0.717, 1.165) is 11.1 Å². The van der Waals surface area contributed by atoms with Crippen molar-refractivity contribution in [2.24, 2.45) is 11.8 Å². The molecule has 0 fully saturated rings. The molecule has 0 N–H and O–H groups in total. The van der Waals surface area contributed by atoms with Crippen LogP contribution in [-0.2, 0) is 20.4 Å². The first kappa shape index (κ1) is 37.8. The van der Waals surface area contributed by atoms with Crippen LogP contribution in [0.25, 0.3) is 22.5 Å². The van der Waals surface area contributed by atoms with Gasteiger partial charge in [0.15, 0.2) is 22.8 Å². The number of hydrogen-bond donors (Lipinski definition) is 0. The predicted molar refractivity (Wildman–Crippen MR) is 212 cm³/mol. The molecule has 6 aromatic rings. The molecule has 284 valence electrons. The highest BCUT2D eigenvalue weighted by Crippen LogP contribution is 2.62. The van der Waals surface area contributed by atoms with Crippen LogP contribution in [-0.4, -0.2) is 31.9 Å². The Morgan fingerprint density at radius 1 is 0.525 bits per heavy atom. The number of esters is 2. The zero-order valence-corrected chi connectivity index (χ0v) is 31.9. The van der Waals surface area contributed by atoms with E-state index in [1.165, 1.54) is 0 Å². The van der Waals surface area contributed by atoms with E-state index < -0.39 is 34.6 Å². The second-order valence-corrected chi connectivity index (χ2v) is 14.8. The van der Waals surface area contributed by atoms with Gasteiger partial charge < -0.3 is 9.47 Å². The Morgan fingerprint density at radius 2 is 0.864 bits per heavy atom. The smallest absolute Gasteiger partial charge is 0.314 e. The maximum absolute atomic E-state index is 14.1. The lowest BCUT2D eigenvalue weighted by Gasteiger charge is -2.42. The SMILES string of the molecule is CC(CC1(CC2(CC(C)C(=O)Oc3ccccc3)c3ccccc3-c3nc(C#N)c(C#N)nc32)c2ccccc2-c2nc(C#N)c(C#N)nc21)C(=O)Oc1ccccc1. The molecule has 2 aliphatic rings. The van der Waals surface area contributed by atoms with Crippen LogP contribution in [0, 0.1) is 57.2 Å². The molecule has 2 aromatic heterocycles. The van der Waals surface area contributed by atoms with E-state index in [2.05, 4.69) is 0 Å². The fraction of sp³-hybridized carbons (Fsp3) is 0.191. The number of rotatable bonds is 10. The van der Waals surface area contributed by atoms with Crippen molar-refractivity contribution in [2.75, 3.05) is 0 Å². The molecule has 0 aliphatic heterocycles. The molecule has 0 amide bonds. The molecular formula is C47H32N8O4. The maximum atomic E-state index is 14.1. The van der Waals surface area contributed by atoms with E-state index >= 15 is 0 Å². The second-order valence-electron chi connectivity index (χ2n) is 14.8. The fourth-order valence-corrected chi connectivity index (χ4v) is 8.75. The van der Waals surface area contributed by atoms with Gasteiger partial charge in [-0.3, -0.25) is 9.59 Å². The Kier molecular flexibility index (Phi) is 9.70. The molecule has 0 saturated carbocycles. The van der Waals surface area contributed by atoms with Gasteiger partial charge in [0, 0.05) is 22.0 Å². The largest absolute Gasteiger partial charge is 0.426 e. The number of benzene rings is 4. The molecule has 12 heteroatoms. The van der Waals surface area contributed by atoms with E-state index in [9.17, 15) is 30.6 Å². The minimum atomic E-state index is -1.27. The Balaban J connectivity index is 1.39. The van der Waals surface area contributed by atoms with Crippen molar-refractivity contribution in [1.29, 1.82) is 21.0 Å². The van der Waals surface area contributed by atoms with Gasteiger partial charge in [-0.2, -0.15) is 21.0 Å². The first-order valence-corrected chi connectivity index (χ1v) is 18.8. The first-order valence-electron chi connectivity index (χ1n) is 18.8. The summed E-state index contributed by atoms with van der Waals surface area (Å²) in [6.07, 6.45) is 0.215. The molecule has 4 aromatic carbocycles. The fourth-order valence-electron chi connectivity index (χ4n) is 8.75. The van der Waals surface area contributed by atoms with Crippen LogP contribution in [0.2, 0.25) is 0 Å². The van der Waals surface area contributed by atoms with Crippen molar-refractivity contribution in [3.63, 3.8) is 0 Å². The number of carbonyl (C=O) groups excluding carboxylic acids is 2. The Bertz CT molecular complexity index is 2660. The molecule has 4 atom stereocenters. The number of nitriles is 4. The van der Waals surface area contributed by atoms with Gasteiger partial charge in [-0.25, -0.2) is 19.9 Å². The number of nitrogens with zero attached hydrogens (tertiary/aromatic N) is 8. The topological polar surface area (TPSA) is 199 Å². The van der Waals surface area contributed by atoms with Crippen LogP contribution in [0.1, 0.15) is 78.4 Å². The van der Waals surface area contributed by atoms with Crippen molar-refractivity contribution in [2.45, 2.75) is 43.9 Å². The average Bonchev–Trinajstić information content (AvgIpc) is 3.67. The third-order valence-corrected chi connectivity index (χ3v) is 11.2. The highest BCUT2D eigenvalue weighted by Gasteiger charge is 2.57. The number of aromatic nitrogens is 4. The van der Waals surface area contributed by atoms with E-state index in [-0.39, 0.29) is 42.0 Å². The minimum absolute atomic E-state index is 0.0663. The molecule has 8 rings (SSSR count). The van der Waals surface area contributed by atoms with Gasteiger partial charge in [-0.05, 0) is 54.7 Å². The monoisotopic (exact) mass is 772 g/mol. The van der Waals surface area contributed by atoms with E-state index in [4.69, 9.17) is 29.4 Å². The summed E-state index contributed by atoms with van der Waals surface area (Å²) < 4.78 is 11.8. The molecule has 59 heavy (non-hydrogen) atoms. The summed E-state index contributed by atoms with van der Waals surface area (Å²) in [6.45, 7) is 3.51. The van der Waals surface area contributed by atoms with Crippen LogP contribution in [0.15, 0.2) is 109 Å². The van der Waals surface area contributed by atoms with Gasteiger partial charge in [0.2, 0.25) is 0 Å². The lowest BCUT2D eigenvalue weighted by molar-refractivity contribution is -0.139. The molecule has 0 bridgehead atoms. The Hall–Kier alpha value is -8.06. The van der Waals surface area contributed by atoms with Crippen LogP contribution in [0.4, 0.5) is 0 Å². The molecule has 0 spiro atoms. The summed E-state index contributed by atoms with van der Waals surface area (Å²) in [7, 11) is 0. The summed E-state index contributed by atoms with van der Waals surface area (Å²) in [5.41, 5.74) is 1.02. The zero-order chi connectivity index (χ0) is 41.3.